The van der Waals surface area contributed by atoms with Crippen LogP contribution in [-0.4, -0.2) is 39.9 Å². The van der Waals surface area contributed by atoms with Crippen LogP contribution in [0.1, 0.15) is 13.3 Å². The molecule has 1 amide bonds. The van der Waals surface area contributed by atoms with Crippen LogP contribution in [0.3, 0.4) is 0 Å². The first-order valence-electron chi connectivity index (χ1n) is 3.69. The van der Waals surface area contributed by atoms with Crippen molar-refractivity contribution >= 4 is 21.8 Å². The molecule has 1 aliphatic rings. The van der Waals surface area contributed by atoms with Gasteiger partial charge in [0.15, 0.2) is 0 Å². The lowest BCUT2D eigenvalue weighted by Gasteiger charge is -2.32. The fraction of sp³-hybridized carbons (Fsp3) is 0.857. The number of halogens is 1. The number of likely N-dealkylation sites (tertiary alicyclic amines) is 1. The number of aliphatic hydroxyl groups is 1. The molecule has 4 heteroatoms. The molecular formula is C7H12BrNO2. The predicted octanol–water partition coefficient (Wildman–Crippen LogP) is 0.363. The molecule has 1 fully saturated rings. The highest BCUT2D eigenvalue weighted by molar-refractivity contribution is 9.09. The summed E-state index contributed by atoms with van der Waals surface area (Å²) >= 11 is 3.32. The maximum Gasteiger partial charge on any atom is 0.219 e. The molecule has 1 saturated heterocycles. The molecule has 1 aliphatic heterocycles. The zero-order chi connectivity index (χ0) is 8.43. The molecule has 0 saturated carbocycles. The zero-order valence-electron chi connectivity index (χ0n) is 6.46. The highest BCUT2D eigenvalue weighted by Gasteiger charge is 2.26. The Morgan fingerprint density at radius 3 is 2.82 bits per heavy atom. The molecule has 0 radical (unpaired) electrons. The summed E-state index contributed by atoms with van der Waals surface area (Å²) in [4.78, 5) is 12.7. The van der Waals surface area contributed by atoms with E-state index in [1.165, 1.54) is 0 Å². The lowest BCUT2D eigenvalue weighted by molar-refractivity contribution is -0.130. The molecule has 2 unspecified atom stereocenters. The van der Waals surface area contributed by atoms with E-state index >= 15 is 0 Å². The molecule has 0 bridgehead atoms. The lowest BCUT2D eigenvalue weighted by atomic mass is 10.1. The number of nitrogens with zero attached hydrogens (tertiary/aromatic N) is 1. The minimum atomic E-state index is -0.300. The second-order valence-electron chi connectivity index (χ2n) is 2.84. The molecular weight excluding hydrogens is 210 g/mol. The van der Waals surface area contributed by atoms with Gasteiger partial charge in [-0.05, 0) is 6.42 Å². The third kappa shape index (κ3) is 2.17. The van der Waals surface area contributed by atoms with Crippen LogP contribution in [0.5, 0.6) is 0 Å². The van der Waals surface area contributed by atoms with Crippen LogP contribution < -0.4 is 0 Å². The molecule has 2 atom stereocenters. The lowest BCUT2D eigenvalue weighted by Crippen LogP contribution is -2.45. The van der Waals surface area contributed by atoms with Gasteiger partial charge in [-0.15, -0.1) is 0 Å². The first-order chi connectivity index (χ1) is 5.11. The van der Waals surface area contributed by atoms with E-state index < -0.39 is 0 Å². The molecule has 0 aliphatic carbocycles. The van der Waals surface area contributed by atoms with E-state index in [-0.39, 0.29) is 16.8 Å². The van der Waals surface area contributed by atoms with Crippen molar-refractivity contribution in [2.75, 3.05) is 13.1 Å². The van der Waals surface area contributed by atoms with Gasteiger partial charge >= 0.3 is 0 Å². The van der Waals surface area contributed by atoms with Gasteiger partial charge in [-0.3, -0.25) is 4.79 Å². The Hall–Kier alpha value is -0.0900. The minimum Gasteiger partial charge on any atom is -0.392 e. The summed E-state index contributed by atoms with van der Waals surface area (Å²) in [5, 5.41) is 9.29. The maximum atomic E-state index is 10.9. The normalized spacial score (nSPS) is 32.1. The minimum absolute atomic E-state index is 0.0418. The van der Waals surface area contributed by atoms with Crippen molar-refractivity contribution in [3.05, 3.63) is 0 Å². The average molecular weight is 222 g/mol. The molecule has 64 valence electrons. The second-order valence-corrected chi connectivity index (χ2v) is 4.01. The van der Waals surface area contributed by atoms with E-state index in [2.05, 4.69) is 15.9 Å². The van der Waals surface area contributed by atoms with Gasteiger partial charge in [0, 0.05) is 20.0 Å². The van der Waals surface area contributed by atoms with Gasteiger partial charge in [-0.25, -0.2) is 0 Å². The number of hydrogen-bond acceptors (Lipinski definition) is 2. The fourth-order valence-electron chi connectivity index (χ4n) is 1.18. The fourth-order valence-corrected chi connectivity index (χ4v) is 1.79. The van der Waals surface area contributed by atoms with E-state index in [1.54, 1.807) is 11.8 Å². The van der Waals surface area contributed by atoms with Crippen molar-refractivity contribution in [1.29, 1.82) is 0 Å². The summed E-state index contributed by atoms with van der Waals surface area (Å²) in [6, 6.07) is 0. The third-order valence-electron chi connectivity index (χ3n) is 1.95. The highest BCUT2D eigenvalue weighted by atomic mass is 79.9. The Morgan fingerprint density at radius 1 is 1.73 bits per heavy atom. The van der Waals surface area contributed by atoms with Crippen LogP contribution in [0.4, 0.5) is 0 Å². The number of rotatable bonds is 0. The highest BCUT2D eigenvalue weighted by Crippen LogP contribution is 2.17. The van der Waals surface area contributed by atoms with Crippen molar-refractivity contribution in [3.63, 3.8) is 0 Å². The Bertz CT molecular complexity index is 163. The maximum absolute atomic E-state index is 10.9. The largest absolute Gasteiger partial charge is 0.392 e. The number of carbonyl (C=O) groups excluding carboxylic acids is 1. The van der Waals surface area contributed by atoms with Crippen molar-refractivity contribution < 1.29 is 9.90 Å². The van der Waals surface area contributed by atoms with E-state index in [1.807, 2.05) is 0 Å². The van der Waals surface area contributed by atoms with Crippen molar-refractivity contribution in [1.82, 2.24) is 4.90 Å². The third-order valence-corrected chi connectivity index (χ3v) is 2.85. The van der Waals surface area contributed by atoms with Gasteiger partial charge < -0.3 is 10.0 Å². The summed E-state index contributed by atoms with van der Waals surface area (Å²) in [6.45, 7) is 2.85. The van der Waals surface area contributed by atoms with Crippen molar-refractivity contribution in [3.8, 4) is 0 Å². The van der Waals surface area contributed by atoms with Gasteiger partial charge in [0.2, 0.25) is 5.91 Å². The van der Waals surface area contributed by atoms with Gasteiger partial charge in [-0.1, -0.05) is 15.9 Å². The number of amides is 1. The summed E-state index contributed by atoms with van der Waals surface area (Å²) in [7, 11) is 0. The molecule has 1 heterocycles. The topological polar surface area (TPSA) is 40.5 Å². The van der Waals surface area contributed by atoms with E-state index in [4.69, 9.17) is 0 Å². The predicted molar refractivity (Wildman–Crippen MR) is 45.6 cm³/mol. The van der Waals surface area contributed by atoms with Gasteiger partial charge in [0.25, 0.3) is 0 Å². The van der Waals surface area contributed by atoms with Crippen LogP contribution in [-0.2, 0) is 4.79 Å². The molecule has 0 spiro atoms. The average Bonchev–Trinajstić information content (AvgIpc) is 1.94. The van der Waals surface area contributed by atoms with E-state index in [9.17, 15) is 9.90 Å². The Labute approximate surface area is 74.5 Å². The smallest absolute Gasteiger partial charge is 0.219 e. The van der Waals surface area contributed by atoms with Crippen LogP contribution >= 0.6 is 15.9 Å². The summed E-state index contributed by atoms with van der Waals surface area (Å²) < 4.78 is 0. The van der Waals surface area contributed by atoms with E-state index in [0.717, 1.165) is 0 Å². The van der Waals surface area contributed by atoms with Crippen LogP contribution in [0.25, 0.3) is 0 Å². The standard InChI is InChI=1S/C7H12BrNO2/c1-5(10)9-3-2-7(11)6(8)4-9/h6-7,11H,2-4H2,1H3. The first kappa shape index (κ1) is 9.00. The molecule has 1 rings (SSSR count). The van der Waals surface area contributed by atoms with Gasteiger partial charge in [-0.2, -0.15) is 0 Å². The summed E-state index contributed by atoms with van der Waals surface area (Å²) in [6.07, 6.45) is 0.376. The van der Waals surface area contributed by atoms with Crippen LogP contribution in [0.15, 0.2) is 0 Å². The Kier molecular flexibility index (Phi) is 2.90. The number of hydrogen-bond donors (Lipinski definition) is 1. The van der Waals surface area contributed by atoms with Crippen molar-refractivity contribution in [2.45, 2.75) is 24.3 Å². The Balaban J connectivity index is 2.46. The molecule has 1 N–H and O–H groups in total. The number of alkyl halides is 1. The molecule has 0 aromatic heterocycles. The van der Waals surface area contributed by atoms with Crippen LogP contribution in [0, 0.1) is 0 Å². The summed E-state index contributed by atoms with van der Waals surface area (Å²) in [5.74, 6) is 0.0846. The quantitative estimate of drug-likeness (QED) is 0.601. The van der Waals surface area contributed by atoms with E-state index in [0.29, 0.717) is 19.5 Å². The number of aliphatic hydroxyl groups excluding tert-OH is 1. The summed E-state index contributed by atoms with van der Waals surface area (Å²) in [5.41, 5.74) is 0. The monoisotopic (exact) mass is 221 g/mol. The van der Waals surface area contributed by atoms with Crippen molar-refractivity contribution in [2.24, 2.45) is 0 Å². The van der Waals surface area contributed by atoms with Crippen LogP contribution in [0.2, 0.25) is 0 Å². The Morgan fingerprint density at radius 2 is 2.36 bits per heavy atom. The van der Waals surface area contributed by atoms with Gasteiger partial charge in [0.1, 0.15) is 0 Å². The molecule has 11 heavy (non-hydrogen) atoms. The number of carbonyl (C=O) groups is 1. The molecule has 0 aromatic rings. The molecule has 3 nitrogen and oxygen atoms in total. The second kappa shape index (κ2) is 3.54. The van der Waals surface area contributed by atoms with Gasteiger partial charge in [0.05, 0.1) is 10.9 Å². The molecule has 0 aromatic carbocycles. The zero-order valence-corrected chi connectivity index (χ0v) is 8.04. The first-order valence-corrected chi connectivity index (χ1v) is 4.60. The SMILES string of the molecule is CC(=O)N1CCC(O)C(Br)C1. The number of piperidine rings is 1.